The zero-order valence-corrected chi connectivity index (χ0v) is 38.5. The Hall–Kier alpha value is -7.05. The molecule has 5 aromatic rings. The second-order valence-electron chi connectivity index (χ2n) is 15.9. The maximum atomic E-state index is 13.3. The predicted molar refractivity (Wildman–Crippen MR) is 245 cm³/mol. The van der Waals surface area contributed by atoms with E-state index in [2.05, 4.69) is 25.0 Å². The monoisotopic (exact) mass is 940 g/mol. The highest BCUT2D eigenvalue weighted by Crippen LogP contribution is 2.40. The van der Waals surface area contributed by atoms with Crippen LogP contribution < -0.4 is 0 Å². The van der Waals surface area contributed by atoms with Crippen molar-refractivity contribution in [1.82, 2.24) is 39.0 Å². The second-order valence-corrected chi connectivity index (χ2v) is 16.7. The van der Waals surface area contributed by atoms with Crippen molar-refractivity contribution in [3.05, 3.63) is 108 Å². The first kappa shape index (κ1) is 47.9. The molecule has 7 heterocycles. The van der Waals surface area contributed by atoms with Crippen molar-refractivity contribution in [2.75, 3.05) is 13.2 Å². The first-order valence-electron chi connectivity index (χ1n) is 21.1. The van der Waals surface area contributed by atoms with Crippen LogP contribution in [0.15, 0.2) is 41.6 Å². The lowest BCUT2D eigenvalue weighted by atomic mass is 9.98. The molecule has 8 bridgehead atoms. The average Bonchev–Trinajstić information content (AvgIpc) is 4.10. The molecule has 1 unspecified atom stereocenters. The number of allylic oxidation sites excluding steroid dienone is 4. The summed E-state index contributed by atoms with van der Waals surface area (Å²) in [5, 5.41) is 46.0. The third-order valence-electron chi connectivity index (χ3n) is 11.9. The summed E-state index contributed by atoms with van der Waals surface area (Å²) in [6, 6.07) is 7.40. The summed E-state index contributed by atoms with van der Waals surface area (Å²) in [6.45, 7) is 12.9. The molecule has 1 atom stereocenters. The Morgan fingerprint density at radius 1 is 0.746 bits per heavy atom. The van der Waals surface area contributed by atoms with Gasteiger partial charge in [-0.15, -0.1) is 4.33 Å². The van der Waals surface area contributed by atoms with Crippen LogP contribution in [-0.2, 0) is 41.5 Å². The number of carbonyl (C=O) groups is 2. The lowest BCUT2D eigenvalue weighted by Gasteiger charge is -2.14. The molecule has 5 aromatic heterocycles. The molecule has 0 amide bonds. The molecule has 4 N–H and O–H groups in total. The Morgan fingerprint density at radius 3 is 1.85 bits per heavy atom. The van der Waals surface area contributed by atoms with Gasteiger partial charge in [0.05, 0.1) is 57.9 Å². The SMILES string of the molecule is CC1=C(CCC(=O)O)c2cc3nc(cc4[nH]c(cc5[nH]c(cc1n2)c(C)c5SOOO)c(C)c4C(C)OCCn1c([N+](=O)[O-])cnc1C)C(C)=C3CCC(=O)OCCn1c([N+](=O)[O-])cnc1C. The zero-order chi connectivity index (χ0) is 48.3. The molecule has 0 fully saturated rings. The molecule has 2 aliphatic rings. The predicted octanol–water partition coefficient (Wildman–Crippen LogP) is 8.71. The number of ether oxygens (including phenoxy) is 2. The van der Waals surface area contributed by atoms with Gasteiger partial charge in [0.1, 0.15) is 32.1 Å². The maximum absolute atomic E-state index is 13.3. The number of carboxylic acids is 1. The Labute approximate surface area is 386 Å². The van der Waals surface area contributed by atoms with E-state index in [0.29, 0.717) is 67.0 Å². The fourth-order valence-electron chi connectivity index (χ4n) is 8.35. The standard InChI is InChI=1S/C44H48N10O12S/c1-22-29(8-10-41(55)56)35-19-36-30(9-11-42(57)64-15-13-52-28(7)46-21-40(52)54(60)61)23(2)32(48-36)17-37-43(26(5)63-14-12-51-27(6)45-20-39(51)53(58)59)24(3)33(49-37)18-38-44(67-66-65-62)25(4)34(50-38)16-31(22)47-35/h16-21,26,49-50,62H,8-15H2,1-7H3,(H,55,56). The Kier molecular flexibility index (Phi) is 14.5. The highest BCUT2D eigenvalue weighted by atomic mass is 32.2. The number of fused-ring (bicyclic) bond motifs is 8. The van der Waals surface area contributed by atoms with Crippen LogP contribution in [-0.4, -0.2) is 84.4 Å². The number of hydrogen-bond acceptors (Lipinski definition) is 16. The van der Waals surface area contributed by atoms with E-state index in [4.69, 9.17) is 29.0 Å². The van der Waals surface area contributed by atoms with Crippen molar-refractivity contribution in [2.24, 2.45) is 0 Å². The number of aromatic nitrogens is 8. The van der Waals surface area contributed by atoms with Gasteiger partial charge in [0.15, 0.2) is 11.6 Å². The minimum atomic E-state index is -0.979. The van der Waals surface area contributed by atoms with Crippen LogP contribution in [0, 0.1) is 47.9 Å². The van der Waals surface area contributed by atoms with Crippen molar-refractivity contribution in [2.45, 2.75) is 98.2 Å². The summed E-state index contributed by atoms with van der Waals surface area (Å²) in [5.41, 5.74) is 9.95. The van der Waals surface area contributed by atoms with Crippen LogP contribution in [0.4, 0.5) is 11.6 Å². The molecule has 7 rings (SSSR count). The molecule has 0 saturated carbocycles. The number of hydrogen-bond donors (Lipinski definition) is 4. The summed E-state index contributed by atoms with van der Waals surface area (Å²) in [7, 11) is 0. The molecule has 23 heteroatoms. The topological polar surface area (TPSA) is 291 Å². The van der Waals surface area contributed by atoms with Crippen LogP contribution in [0.1, 0.15) is 104 Å². The van der Waals surface area contributed by atoms with E-state index in [0.717, 1.165) is 51.6 Å². The van der Waals surface area contributed by atoms with Crippen LogP contribution in [0.3, 0.4) is 0 Å². The summed E-state index contributed by atoms with van der Waals surface area (Å²) >= 11 is 0.795. The minimum absolute atomic E-state index is 0.0419. The van der Waals surface area contributed by atoms with Crippen LogP contribution in [0.25, 0.3) is 44.4 Å². The van der Waals surface area contributed by atoms with E-state index in [1.165, 1.54) is 15.3 Å². The number of carbonyl (C=O) groups excluding carboxylic acids is 1. The number of imidazole rings is 2. The molecule has 352 valence electrons. The summed E-state index contributed by atoms with van der Waals surface area (Å²) < 4.78 is 19.7. The fourth-order valence-corrected chi connectivity index (χ4v) is 8.89. The highest BCUT2D eigenvalue weighted by Gasteiger charge is 2.26. The van der Waals surface area contributed by atoms with E-state index >= 15 is 0 Å². The second kappa shape index (κ2) is 20.2. The van der Waals surface area contributed by atoms with Crippen molar-refractivity contribution >= 4 is 80.0 Å². The number of esters is 1. The van der Waals surface area contributed by atoms with E-state index in [-0.39, 0.29) is 63.6 Å². The molecule has 0 saturated heterocycles. The van der Waals surface area contributed by atoms with E-state index in [9.17, 15) is 34.9 Å². The van der Waals surface area contributed by atoms with Crippen molar-refractivity contribution < 1.29 is 48.6 Å². The number of aryl methyl sites for hydroxylation is 4. The fraction of sp³-hybridized carbons (Fsp3) is 0.364. The lowest BCUT2D eigenvalue weighted by Crippen LogP contribution is -2.13. The van der Waals surface area contributed by atoms with E-state index < -0.39 is 27.9 Å². The van der Waals surface area contributed by atoms with Crippen LogP contribution in [0.2, 0.25) is 0 Å². The van der Waals surface area contributed by atoms with Gasteiger partial charge in [0.2, 0.25) is 0 Å². The number of aliphatic carboxylic acids is 1. The Morgan fingerprint density at radius 2 is 1.28 bits per heavy atom. The smallest absolute Gasteiger partial charge is 0.342 e. The number of carboxylic acid groups (broad SMARTS) is 1. The van der Waals surface area contributed by atoms with Gasteiger partial charge in [-0.3, -0.25) is 9.59 Å². The highest BCUT2D eigenvalue weighted by molar-refractivity contribution is 7.94. The lowest BCUT2D eigenvalue weighted by molar-refractivity contribution is -0.432. The Balaban J connectivity index is 1.35. The first-order chi connectivity index (χ1) is 32.0. The van der Waals surface area contributed by atoms with Gasteiger partial charge < -0.3 is 44.8 Å². The number of aromatic amines is 2. The van der Waals surface area contributed by atoms with Gasteiger partial charge in [-0.25, -0.2) is 34.3 Å². The van der Waals surface area contributed by atoms with Crippen molar-refractivity contribution in [3.63, 3.8) is 0 Å². The quantitative estimate of drug-likeness (QED) is 0.0198. The molecule has 0 radical (unpaired) electrons. The van der Waals surface area contributed by atoms with Crippen molar-refractivity contribution in [3.8, 4) is 0 Å². The van der Waals surface area contributed by atoms with Crippen molar-refractivity contribution in [1.29, 1.82) is 0 Å². The molecule has 2 aliphatic heterocycles. The number of H-pyrrole nitrogens is 2. The largest absolute Gasteiger partial charge is 0.481 e. The first-order valence-corrected chi connectivity index (χ1v) is 21.8. The van der Waals surface area contributed by atoms with Crippen LogP contribution >= 0.6 is 12.0 Å². The van der Waals surface area contributed by atoms with Crippen LogP contribution in [0.5, 0.6) is 0 Å². The molecule has 0 aliphatic carbocycles. The van der Waals surface area contributed by atoms with E-state index in [1.54, 1.807) is 19.9 Å². The number of rotatable bonds is 19. The minimum Gasteiger partial charge on any atom is -0.481 e. The van der Waals surface area contributed by atoms with Gasteiger partial charge in [-0.1, -0.05) is 5.04 Å². The third kappa shape index (κ3) is 10.2. The molecule has 0 aromatic carbocycles. The number of nitrogens with one attached hydrogen (secondary N) is 2. The normalized spacial score (nSPS) is 13.1. The van der Waals surface area contributed by atoms with E-state index in [1.807, 2.05) is 52.8 Å². The third-order valence-corrected chi connectivity index (χ3v) is 12.8. The molecule has 0 spiro atoms. The average molecular weight is 941 g/mol. The molecular formula is C44H48N10O12S. The Bertz CT molecular complexity index is 3040. The summed E-state index contributed by atoms with van der Waals surface area (Å²) in [6.07, 6.45) is 1.97. The number of nitrogens with zero attached hydrogens (tertiary/aromatic N) is 8. The van der Waals surface area contributed by atoms with Gasteiger partial charge in [0, 0.05) is 48.8 Å². The zero-order valence-electron chi connectivity index (χ0n) is 37.7. The van der Waals surface area contributed by atoms with Gasteiger partial charge in [0.25, 0.3) is 0 Å². The number of nitro groups is 2. The van der Waals surface area contributed by atoms with Gasteiger partial charge >= 0.3 is 23.6 Å². The maximum Gasteiger partial charge on any atom is 0.342 e. The summed E-state index contributed by atoms with van der Waals surface area (Å²) in [4.78, 5) is 73.1. The summed E-state index contributed by atoms with van der Waals surface area (Å²) in [5.74, 6) is -0.985. The molecule has 67 heavy (non-hydrogen) atoms. The van der Waals surface area contributed by atoms with Gasteiger partial charge in [-0.2, -0.15) is 0 Å². The van der Waals surface area contributed by atoms with Gasteiger partial charge in [-0.05, 0) is 115 Å². The molecule has 22 nitrogen and oxygen atoms in total. The molecular weight excluding hydrogens is 893 g/mol.